The summed E-state index contributed by atoms with van der Waals surface area (Å²) < 4.78 is 23.6. The molecule has 1 fully saturated rings. The highest BCUT2D eigenvalue weighted by atomic mass is 19.1. The average molecular weight is 298 g/mol. The van der Waals surface area contributed by atoms with Crippen molar-refractivity contribution >= 4 is 11.7 Å². The second-order valence-electron chi connectivity index (χ2n) is 4.85. The fourth-order valence-corrected chi connectivity index (χ4v) is 2.36. The topological polar surface area (TPSA) is 91.6 Å². The third-order valence-corrected chi connectivity index (χ3v) is 3.50. The molecule has 0 unspecified atom stereocenters. The van der Waals surface area contributed by atoms with Crippen molar-refractivity contribution in [3.63, 3.8) is 0 Å². The zero-order valence-corrected chi connectivity index (χ0v) is 11.5. The average Bonchev–Trinajstić information content (AvgIpc) is 2.47. The molecule has 0 radical (unpaired) electrons. The van der Waals surface area contributed by atoms with Gasteiger partial charge in [0.25, 0.3) is 0 Å². The number of hydrogen-bond donors (Lipinski definition) is 0. The fourth-order valence-electron chi connectivity index (χ4n) is 2.36. The number of nitrogens with zero attached hydrogens (tertiary/aromatic N) is 2. The molecule has 0 atom stereocenters. The first kappa shape index (κ1) is 15.1. The van der Waals surface area contributed by atoms with Crippen molar-refractivity contribution in [1.82, 2.24) is 4.98 Å². The van der Waals surface area contributed by atoms with E-state index in [-0.39, 0.29) is 23.9 Å². The largest absolute Gasteiger partial charge is 0.474 e. The molecule has 21 heavy (non-hydrogen) atoms. The van der Waals surface area contributed by atoms with Gasteiger partial charge in [0.2, 0.25) is 11.7 Å². The molecule has 1 saturated carbocycles. The quantitative estimate of drug-likeness (QED) is 0.481. The van der Waals surface area contributed by atoms with Crippen LogP contribution in [0.2, 0.25) is 0 Å². The number of halogens is 1. The number of nitro groups is 1. The van der Waals surface area contributed by atoms with Crippen LogP contribution in [0.25, 0.3) is 0 Å². The fraction of sp³-hybridized carbons (Fsp3) is 0.538. The van der Waals surface area contributed by atoms with Gasteiger partial charge in [0.15, 0.2) is 0 Å². The maximum Gasteiger partial charge on any atom is 0.323 e. The smallest absolute Gasteiger partial charge is 0.323 e. The first-order valence-electron chi connectivity index (χ1n) is 6.55. The number of ether oxygens (including phenoxy) is 2. The zero-order chi connectivity index (χ0) is 15.4. The lowest BCUT2D eigenvalue weighted by molar-refractivity contribution is -0.387. The molecule has 0 saturated heterocycles. The van der Waals surface area contributed by atoms with Crippen molar-refractivity contribution in [3.05, 3.63) is 28.2 Å². The second-order valence-corrected chi connectivity index (χ2v) is 4.85. The number of esters is 1. The monoisotopic (exact) mass is 298 g/mol. The lowest BCUT2D eigenvalue weighted by Gasteiger charge is -2.26. The number of methoxy groups -OCH3 is 1. The number of carbonyl (C=O) groups is 1. The Kier molecular flexibility index (Phi) is 4.66. The van der Waals surface area contributed by atoms with Gasteiger partial charge in [-0.3, -0.25) is 14.9 Å². The highest BCUT2D eigenvalue weighted by Gasteiger charge is 2.28. The van der Waals surface area contributed by atoms with Crippen LogP contribution in [0, 0.1) is 21.8 Å². The minimum atomic E-state index is -0.978. The van der Waals surface area contributed by atoms with Gasteiger partial charge < -0.3 is 9.47 Å². The lowest BCUT2D eigenvalue weighted by atomic mass is 9.87. The molecule has 0 aliphatic heterocycles. The molecule has 7 nitrogen and oxygen atoms in total. The Balaban J connectivity index is 1.93. The third kappa shape index (κ3) is 3.65. The van der Waals surface area contributed by atoms with Crippen LogP contribution in [0.15, 0.2) is 12.3 Å². The zero-order valence-electron chi connectivity index (χ0n) is 11.5. The molecule has 1 aromatic rings. The van der Waals surface area contributed by atoms with Gasteiger partial charge in [0, 0.05) is 6.07 Å². The molecule has 8 heteroatoms. The van der Waals surface area contributed by atoms with Crippen molar-refractivity contribution in [2.24, 2.45) is 5.92 Å². The predicted octanol–water partition coefficient (Wildman–Crippen LogP) is 2.24. The maximum absolute atomic E-state index is 13.4. The number of carbonyl (C=O) groups excluding carboxylic acids is 1. The number of aromatic nitrogens is 1. The van der Waals surface area contributed by atoms with Gasteiger partial charge in [-0.1, -0.05) is 0 Å². The van der Waals surface area contributed by atoms with E-state index in [1.165, 1.54) is 7.11 Å². The molecule has 0 N–H and O–H groups in total. The number of hydrogen-bond acceptors (Lipinski definition) is 6. The first-order valence-corrected chi connectivity index (χ1v) is 6.55. The Morgan fingerprint density at radius 2 is 2.10 bits per heavy atom. The standard InChI is InChI=1S/C13H15FN2O5/c1-20-13(17)8-2-4-9(5-3-8)21-12-6-10(14)11(7-15-12)16(18)19/h6-9H,2-5H2,1H3/t8-,9+. The van der Waals surface area contributed by atoms with E-state index in [0.717, 1.165) is 12.3 Å². The minimum absolute atomic E-state index is 0.0135. The maximum atomic E-state index is 13.4. The van der Waals surface area contributed by atoms with Crippen LogP contribution < -0.4 is 4.74 Å². The summed E-state index contributed by atoms with van der Waals surface area (Å²) in [6, 6.07) is 0.907. The van der Waals surface area contributed by atoms with Crippen molar-refractivity contribution < 1.29 is 23.6 Å². The van der Waals surface area contributed by atoms with E-state index < -0.39 is 16.4 Å². The lowest BCUT2D eigenvalue weighted by Crippen LogP contribution is -2.28. The molecule has 0 bridgehead atoms. The van der Waals surface area contributed by atoms with Crippen LogP contribution >= 0.6 is 0 Å². The molecular weight excluding hydrogens is 283 g/mol. The van der Waals surface area contributed by atoms with E-state index >= 15 is 0 Å². The van der Waals surface area contributed by atoms with Gasteiger partial charge in [-0.25, -0.2) is 4.98 Å². The Labute approximate surface area is 120 Å². The summed E-state index contributed by atoms with van der Waals surface area (Å²) in [5.74, 6) is -1.32. The molecule has 2 rings (SSSR count). The Morgan fingerprint density at radius 3 is 2.62 bits per heavy atom. The summed E-state index contributed by atoms with van der Waals surface area (Å²) in [7, 11) is 1.36. The second kappa shape index (κ2) is 6.47. The Morgan fingerprint density at radius 1 is 1.43 bits per heavy atom. The Bertz CT molecular complexity index is 543. The van der Waals surface area contributed by atoms with E-state index in [0.29, 0.717) is 25.7 Å². The van der Waals surface area contributed by atoms with Gasteiger partial charge in [0.05, 0.1) is 18.0 Å². The molecule has 1 aromatic heterocycles. The van der Waals surface area contributed by atoms with Gasteiger partial charge in [-0.2, -0.15) is 4.39 Å². The van der Waals surface area contributed by atoms with Gasteiger partial charge in [-0.05, 0) is 25.7 Å². The molecule has 0 aromatic carbocycles. The molecule has 1 heterocycles. The predicted molar refractivity (Wildman–Crippen MR) is 69.2 cm³/mol. The highest BCUT2D eigenvalue weighted by Crippen LogP contribution is 2.28. The Hall–Kier alpha value is -2.25. The summed E-state index contributed by atoms with van der Waals surface area (Å²) in [6.45, 7) is 0. The third-order valence-electron chi connectivity index (χ3n) is 3.50. The van der Waals surface area contributed by atoms with Crippen molar-refractivity contribution in [1.29, 1.82) is 0 Å². The SMILES string of the molecule is COC(=O)[C@H]1CC[C@@H](Oc2cc(F)c([N+](=O)[O-])cn2)CC1. The van der Waals surface area contributed by atoms with E-state index in [4.69, 9.17) is 4.74 Å². The number of pyridine rings is 1. The minimum Gasteiger partial charge on any atom is -0.474 e. The molecule has 114 valence electrons. The van der Waals surface area contributed by atoms with Gasteiger partial charge >= 0.3 is 11.7 Å². The molecule has 1 aliphatic carbocycles. The summed E-state index contributed by atoms with van der Waals surface area (Å²) >= 11 is 0. The van der Waals surface area contributed by atoms with Gasteiger partial charge in [0.1, 0.15) is 12.3 Å². The van der Waals surface area contributed by atoms with E-state index in [2.05, 4.69) is 9.72 Å². The summed E-state index contributed by atoms with van der Waals surface area (Å²) in [5.41, 5.74) is -0.684. The molecule has 1 aliphatic rings. The number of rotatable bonds is 4. The molecule has 0 amide bonds. The van der Waals surface area contributed by atoms with Crippen molar-refractivity contribution in [3.8, 4) is 5.88 Å². The van der Waals surface area contributed by atoms with Gasteiger partial charge in [-0.15, -0.1) is 0 Å². The summed E-state index contributed by atoms with van der Waals surface area (Å²) in [4.78, 5) is 24.8. The molecule has 0 spiro atoms. The van der Waals surface area contributed by atoms with E-state index in [9.17, 15) is 19.3 Å². The molecular formula is C13H15FN2O5. The van der Waals surface area contributed by atoms with Crippen molar-refractivity contribution in [2.45, 2.75) is 31.8 Å². The van der Waals surface area contributed by atoms with Crippen LogP contribution in [0.1, 0.15) is 25.7 Å². The highest BCUT2D eigenvalue weighted by molar-refractivity contribution is 5.72. The van der Waals surface area contributed by atoms with Crippen LogP contribution in [-0.4, -0.2) is 29.1 Å². The first-order chi connectivity index (χ1) is 10.0. The van der Waals surface area contributed by atoms with Crippen molar-refractivity contribution in [2.75, 3.05) is 7.11 Å². The normalized spacial score (nSPS) is 21.6. The van der Waals surface area contributed by atoms with Crippen LogP contribution in [0.4, 0.5) is 10.1 Å². The van der Waals surface area contributed by atoms with Crippen LogP contribution in [0.5, 0.6) is 5.88 Å². The summed E-state index contributed by atoms with van der Waals surface area (Å²) in [5, 5.41) is 10.5. The summed E-state index contributed by atoms with van der Waals surface area (Å²) in [6.07, 6.45) is 3.17. The van der Waals surface area contributed by atoms with Crippen LogP contribution in [0.3, 0.4) is 0 Å². The van der Waals surface area contributed by atoms with E-state index in [1.807, 2.05) is 0 Å². The van der Waals surface area contributed by atoms with Crippen LogP contribution in [-0.2, 0) is 9.53 Å². The van der Waals surface area contributed by atoms with E-state index in [1.54, 1.807) is 0 Å².